The Morgan fingerprint density at radius 1 is 1.03 bits per heavy atom. The normalized spacial score (nSPS) is 11.0. The van der Waals surface area contributed by atoms with Crippen molar-refractivity contribution in [1.29, 1.82) is 0 Å². The number of amides is 1. The molecule has 2 aromatic heterocycles. The van der Waals surface area contributed by atoms with Gasteiger partial charge in [0, 0.05) is 22.7 Å². The minimum atomic E-state index is -0.0849. The number of hydrogen-bond donors (Lipinski definition) is 1. The quantitative estimate of drug-likeness (QED) is 0.370. The van der Waals surface area contributed by atoms with E-state index in [0.29, 0.717) is 11.6 Å². The van der Waals surface area contributed by atoms with E-state index in [1.54, 1.807) is 16.0 Å². The SMILES string of the molecule is Cc1csc(SCC(=O)Nc2cc(-c3cc(C)c(C)cc3C)nn2-c2ccccc2)n1. The Bertz CT molecular complexity index is 1230. The van der Waals surface area contributed by atoms with Gasteiger partial charge in [-0.2, -0.15) is 5.10 Å². The molecule has 0 aliphatic heterocycles. The number of thioether (sulfide) groups is 1. The van der Waals surface area contributed by atoms with Crippen molar-refractivity contribution < 1.29 is 4.79 Å². The molecule has 31 heavy (non-hydrogen) atoms. The van der Waals surface area contributed by atoms with Gasteiger partial charge in [-0.15, -0.1) is 11.3 Å². The summed E-state index contributed by atoms with van der Waals surface area (Å²) in [7, 11) is 0. The van der Waals surface area contributed by atoms with Crippen LogP contribution in [-0.4, -0.2) is 26.4 Å². The molecule has 0 bridgehead atoms. The zero-order chi connectivity index (χ0) is 22.0. The molecule has 0 fully saturated rings. The molecule has 5 nitrogen and oxygen atoms in total. The zero-order valence-electron chi connectivity index (χ0n) is 18.0. The molecular formula is C24H24N4OS2. The first kappa shape index (κ1) is 21.3. The highest BCUT2D eigenvalue weighted by molar-refractivity contribution is 8.01. The topological polar surface area (TPSA) is 59.8 Å². The fraction of sp³-hybridized carbons (Fsp3) is 0.208. The number of nitrogens with one attached hydrogen (secondary N) is 1. The Balaban J connectivity index is 1.64. The second-order valence-electron chi connectivity index (χ2n) is 7.51. The summed E-state index contributed by atoms with van der Waals surface area (Å²) in [6.07, 6.45) is 0. The number of para-hydroxylation sites is 1. The minimum Gasteiger partial charge on any atom is -0.310 e. The first-order chi connectivity index (χ1) is 14.9. The molecule has 0 aliphatic rings. The number of aryl methyl sites for hydroxylation is 4. The van der Waals surface area contributed by atoms with Gasteiger partial charge in [0.25, 0.3) is 0 Å². The smallest absolute Gasteiger partial charge is 0.235 e. The molecule has 4 aromatic rings. The first-order valence-electron chi connectivity index (χ1n) is 9.99. The predicted molar refractivity (Wildman–Crippen MR) is 129 cm³/mol. The second-order valence-corrected chi connectivity index (χ2v) is 9.59. The van der Waals surface area contributed by atoms with Crippen molar-refractivity contribution in [3.05, 3.63) is 76.3 Å². The van der Waals surface area contributed by atoms with Crippen LogP contribution in [0.5, 0.6) is 0 Å². The molecule has 0 aliphatic carbocycles. The first-order valence-corrected chi connectivity index (χ1v) is 11.9. The summed E-state index contributed by atoms with van der Waals surface area (Å²) < 4.78 is 2.69. The molecule has 1 amide bonds. The maximum absolute atomic E-state index is 12.7. The third-order valence-corrected chi connectivity index (χ3v) is 7.16. The van der Waals surface area contributed by atoms with Gasteiger partial charge in [0.15, 0.2) is 4.34 Å². The lowest BCUT2D eigenvalue weighted by atomic mass is 9.99. The van der Waals surface area contributed by atoms with Crippen molar-refractivity contribution in [2.24, 2.45) is 0 Å². The van der Waals surface area contributed by atoms with Crippen LogP contribution in [0.25, 0.3) is 16.9 Å². The molecule has 7 heteroatoms. The van der Waals surface area contributed by atoms with E-state index in [2.05, 4.69) is 43.2 Å². The van der Waals surface area contributed by atoms with Crippen LogP contribution in [-0.2, 0) is 4.79 Å². The lowest BCUT2D eigenvalue weighted by Gasteiger charge is -2.08. The van der Waals surface area contributed by atoms with E-state index in [1.807, 2.05) is 48.7 Å². The minimum absolute atomic E-state index is 0.0849. The molecule has 0 saturated heterocycles. The predicted octanol–water partition coefficient (Wildman–Crippen LogP) is 5.96. The van der Waals surface area contributed by atoms with E-state index in [9.17, 15) is 4.79 Å². The summed E-state index contributed by atoms with van der Waals surface area (Å²) in [4.78, 5) is 17.1. The average Bonchev–Trinajstić information content (AvgIpc) is 3.36. The molecule has 1 N–H and O–H groups in total. The van der Waals surface area contributed by atoms with Crippen LogP contribution in [0.15, 0.2) is 58.3 Å². The largest absolute Gasteiger partial charge is 0.310 e. The van der Waals surface area contributed by atoms with Crippen LogP contribution in [0.3, 0.4) is 0 Å². The van der Waals surface area contributed by atoms with E-state index in [-0.39, 0.29) is 5.91 Å². The second kappa shape index (κ2) is 9.08. The molecule has 0 radical (unpaired) electrons. The average molecular weight is 449 g/mol. The van der Waals surface area contributed by atoms with Crippen molar-refractivity contribution in [2.45, 2.75) is 32.0 Å². The van der Waals surface area contributed by atoms with Crippen LogP contribution < -0.4 is 5.32 Å². The number of anilines is 1. The summed E-state index contributed by atoms with van der Waals surface area (Å²) in [6, 6.07) is 16.1. The van der Waals surface area contributed by atoms with Crippen molar-refractivity contribution in [1.82, 2.24) is 14.8 Å². The summed E-state index contributed by atoms with van der Waals surface area (Å²) >= 11 is 3.00. The van der Waals surface area contributed by atoms with Gasteiger partial charge in [0.05, 0.1) is 17.1 Å². The Morgan fingerprint density at radius 3 is 2.48 bits per heavy atom. The van der Waals surface area contributed by atoms with Gasteiger partial charge in [-0.25, -0.2) is 9.67 Å². The van der Waals surface area contributed by atoms with Gasteiger partial charge in [-0.1, -0.05) is 36.0 Å². The number of thiazole rings is 1. The molecule has 0 saturated carbocycles. The molecule has 0 unspecified atom stereocenters. The van der Waals surface area contributed by atoms with Crippen molar-refractivity contribution >= 4 is 34.8 Å². The maximum Gasteiger partial charge on any atom is 0.235 e. The number of nitrogens with zero attached hydrogens (tertiary/aromatic N) is 3. The van der Waals surface area contributed by atoms with Gasteiger partial charge >= 0.3 is 0 Å². The molecule has 2 aromatic carbocycles. The third kappa shape index (κ3) is 4.89. The Hall–Kier alpha value is -2.90. The summed E-state index contributed by atoms with van der Waals surface area (Å²) in [6.45, 7) is 8.26. The van der Waals surface area contributed by atoms with E-state index < -0.39 is 0 Å². The molecule has 0 spiro atoms. The number of carbonyl (C=O) groups excluding carboxylic acids is 1. The van der Waals surface area contributed by atoms with E-state index in [4.69, 9.17) is 5.10 Å². The lowest BCUT2D eigenvalue weighted by molar-refractivity contribution is -0.113. The van der Waals surface area contributed by atoms with Crippen molar-refractivity contribution in [2.75, 3.05) is 11.1 Å². The Morgan fingerprint density at radius 2 is 1.77 bits per heavy atom. The number of carbonyl (C=O) groups is 1. The number of benzene rings is 2. The fourth-order valence-corrected chi connectivity index (χ4v) is 4.96. The molecule has 4 rings (SSSR count). The van der Waals surface area contributed by atoms with Crippen LogP contribution in [0.4, 0.5) is 5.82 Å². The van der Waals surface area contributed by atoms with Crippen LogP contribution in [0.2, 0.25) is 0 Å². The number of hydrogen-bond acceptors (Lipinski definition) is 5. The summed E-state index contributed by atoms with van der Waals surface area (Å²) in [5.74, 6) is 0.864. The molecule has 0 atom stereocenters. The van der Waals surface area contributed by atoms with Gasteiger partial charge in [-0.3, -0.25) is 4.79 Å². The van der Waals surface area contributed by atoms with Crippen molar-refractivity contribution in [3.8, 4) is 16.9 Å². The van der Waals surface area contributed by atoms with Gasteiger partial charge in [0.1, 0.15) is 5.82 Å². The fourth-order valence-electron chi connectivity index (χ4n) is 3.31. The van der Waals surface area contributed by atoms with E-state index in [1.165, 1.54) is 22.9 Å². The highest BCUT2D eigenvalue weighted by Gasteiger charge is 2.16. The van der Waals surface area contributed by atoms with E-state index in [0.717, 1.165) is 32.5 Å². The molecule has 158 valence electrons. The summed E-state index contributed by atoms with van der Waals surface area (Å²) in [5, 5.41) is 9.87. The van der Waals surface area contributed by atoms with Gasteiger partial charge in [-0.05, 0) is 62.6 Å². The number of rotatable bonds is 6. The van der Waals surface area contributed by atoms with Crippen LogP contribution in [0, 0.1) is 27.7 Å². The van der Waals surface area contributed by atoms with Gasteiger partial charge < -0.3 is 5.32 Å². The maximum atomic E-state index is 12.7. The standard InChI is InChI=1S/C24H24N4OS2/c1-15-10-17(3)20(11-16(15)2)21-12-22(28(27-21)19-8-6-5-7-9-19)26-23(29)14-31-24-25-18(4)13-30-24/h5-13H,14H2,1-4H3,(H,26,29). The highest BCUT2D eigenvalue weighted by Crippen LogP contribution is 2.29. The Labute approximate surface area is 190 Å². The Kier molecular flexibility index (Phi) is 6.25. The van der Waals surface area contributed by atoms with Crippen LogP contribution >= 0.6 is 23.1 Å². The van der Waals surface area contributed by atoms with Crippen molar-refractivity contribution in [3.63, 3.8) is 0 Å². The zero-order valence-corrected chi connectivity index (χ0v) is 19.6. The monoisotopic (exact) mass is 448 g/mol. The summed E-state index contributed by atoms with van der Waals surface area (Å²) in [5.41, 5.74) is 7.41. The number of aromatic nitrogens is 3. The highest BCUT2D eigenvalue weighted by atomic mass is 32.2. The molecule has 2 heterocycles. The van der Waals surface area contributed by atoms with Gasteiger partial charge in [0.2, 0.25) is 5.91 Å². The van der Waals surface area contributed by atoms with Crippen LogP contribution in [0.1, 0.15) is 22.4 Å². The lowest BCUT2D eigenvalue weighted by Crippen LogP contribution is -2.16. The van der Waals surface area contributed by atoms with E-state index >= 15 is 0 Å². The molecular weight excluding hydrogens is 424 g/mol. The third-order valence-electron chi connectivity index (χ3n) is 5.02.